The fourth-order valence-corrected chi connectivity index (χ4v) is 4.36. The van der Waals surface area contributed by atoms with E-state index in [4.69, 9.17) is 9.97 Å². The third-order valence-corrected chi connectivity index (χ3v) is 6.41. The van der Waals surface area contributed by atoms with E-state index in [1.165, 1.54) is 6.07 Å². The Kier molecular flexibility index (Phi) is 4.78. The van der Waals surface area contributed by atoms with Crippen molar-refractivity contribution < 1.29 is 9.18 Å². The molecule has 0 atom stereocenters. The van der Waals surface area contributed by atoms with Crippen LogP contribution in [0.5, 0.6) is 0 Å². The molecule has 180 valence electrons. The smallest absolute Gasteiger partial charge is 0.227 e. The van der Waals surface area contributed by atoms with Crippen LogP contribution in [-0.2, 0) is 4.79 Å². The Bertz CT molecular complexity index is 1820. The molecule has 5 heterocycles. The highest BCUT2D eigenvalue weighted by atomic mass is 19.1. The number of pyridine rings is 3. The summed E-state index contributed by atoms with van der Waals surface area (Å²) in [6.45, 7) is 0. The summed E-state index contributed by atoms with van der Waals surface area (Å²) in [5.74, 6) is 0.242. The van der Waals surface area contributed by atoms with Gasteiger partial charge in [0.15, 0.2) is 11.5 Å². The summed E-state index contributed by atoms with van der Waals surface area (Å²) in [5, 5.41) is 10.4. The van der Waals surface area contributed by atoms with Crippen molar-refractivity contribution in [3.8, 4) is 34.0 Å². The number of rotatable bonds is 5. The molecule has 0 saturated heterocycles. The molecule has 37 heavy (non-hydrogen) atoms. The Morgan fingerprint density at radius 1 is 0.973 bits per heavy atom. The van der Waals surface area contributed by atoms with Crippen molar-refractivity contribution in [3.05, 3.63) is 72.9 Å². The fourth-order valence-electron chi connectivity index (χ4n) is 4.36. The number of aromatic amines is 2. The second-order valence-corrected chi connectivity index (χ2v) is 9.01. The summed E-state index contributed by atoms with van der Waals surface area (Å²) in [4.78, 5) is 33.7. The highest BCUT2D eigenvalue weighted by molar-refractivity contribution is 5.96. The average Bonchev–Trinajstić information content (AvgIpc) is 3.55. The number of nitrogens with zero attached hydrogens (tertiary/aromatic N) is 5. The first-order valence-electron chi connectivity index (χ1n) is 11.9. The van der Waals surface area contributed by atoms with Crippen molar-refractivity contribution in [3.63, 3.8) is 0 Å². The van der Waals surface area contributed by atoms with Gasteiger partial charge in [0.2, 0.25) is 5.91 Å². The lowest BCUT2D eigenvalue weighted by Gasteiger charge is -2.06. The molecule has 1 saturated carbocycles. The lowest BCUT2D eigenvalue weighted by Crippen LogP contribution is -2.13. The predicted octanol–water partition coefficient (Wildman–Crippen LogP) is 5.11. The number of halogens is 1. The van der Waals surface area contributed by atoms with Gasteiger partial charge in [-0.2, -0.15) is 5.10 Å². The topological polar surface area (TPSA) is 125 Å². The number of aromatic nitrogens is 7. The van der Waals surface area contributed by atoms with Gasteiger partial charge in [-0.15, -0.1) is 0 Å². The van der Waals surface area contributed by atoms with Crippen LogP contribution >= 0.6 is 0 Å². The van der Waals surface area contributed by atoms with Gasteiger partial charge in [0, 0.05) is 29.4 Å². The molecule has 1 aliphatic rings. The van der Waals surface area contributed by atoms with E-state index in [-0.39, 0.29) is 17.6 Å². The zero-order valence-electron chi connectivity index (χ0n) is 19.4. The number of H-pyrrole nitrogens is 2. The Labute approximate surface area is 209 Å². The maximum Gasteiger partial charge on any atom is 0.227 e. The zero-order chi connectivity index (χ0) is 24.9. The SMILES string of the molecule is O=C(Nc1cncc(-c2ccc3[nH]nc(-c4nc5c(-c6ccccc6F)nccc5[nH]4)c3n2)c1)C1CC1. The van der Waals surface area contributed by atoms with Gasteiger partial charge in [0.1, 0.15) is 22.5 Å². The number of hydrogen-bond donors (Lipinski definition) is 3. The van der Waals surface area contributed by atoms with Crippen LogP contribution < -0.4 is 5.32 Å². The molecule has 10 heteroatoms. The van der Waals surface area contributed by atoms with Crippen LogP contribution in [-0.4, -0.2) is 41.0 Å². The molecule has 9 nitrogen and oxygen atoms in total. The molecule has 1 fully saturated rings. The van der Waals surface area contributed by atoms with E-state index in [1.54, 1.807) is 42.9 Å². The molecular formula is C27H19FN8O. The number of anilines is 1. The van der Waals surface area contributed by atoms with Crippen molar-refractivity contribution in [1.82, 2.24) is 35.1 Å². The van der Waals surface area contributed by atoms with Crippen LogP contribution in [0.1, 0.15) is 12.8 Å². The minimum absolute atomic E-state index is 0.0219. The number of fused-ring (bicyclic) bond motifs is 2. The van der Waals surface area contributed by atoms with E-state index < -0.39 is 0 Å². The van der Waals surface area contributed by atoms with Gasteiger partial charge in [-0.1, -0.05) is 12.1 Å². The molecule has 0 radical (unpaired) electrons. The maximum absolute atomic E-state index is 14.5. The van der Waals surface area contributed by atoms with Gasteiger partial charge in [0.25, 0.3) is 0 Å². The minimum Gasteiger partial charge on any atom is -0.336 e. The van der Waals surface area contributed by atoms with Gasteiger partial charge in [-0.3, -0.25) is 19.9 Å². The van der Waals surface area contributed by atoms with E-state index in [0.717, 1.165) is 23.9 Å². The molecule has 1 aliphatic carbocycles. The molecule has 1 aromatic carbocycles. The van der Waals surface area contributed by atoms with Crippen LogP contribution in [0.15, 0.2) is 67.1 Å². The Hall–Kier alpha value is -4.99. The van der Waals surface area contributed by atoms with E-state index in [1.807, 2.05) is 18.2 Å². The van der Waals surface area contributed by atoms with E-state index in [9.17, 15) is 9.18 Å². The molecule has 3 N–H and O–H groups in total. The zero-order valence-corrected chi connectivity index (χ0v) is 19.4. The Morgan fingerprint density at radius 2 is 1.84 bits per heavy atom. The van der Waals surface area contributed by atoms with Gasteiger partial charge in [0.05, 0.1) is 28.6 Å². The summed E-state index contributed by atoms with van der Waals surface area (Å²) >= 11 is 0. The predicted molar refractivity (Wildman–Crippen MR) is 137 cm³/mol. The van der Waals surface area contributed by atoms with E-state index in [0.29, 0.717) is 50.7 Å². The molecule has 0 unspecified atom stereocenters. The second-order valence-electron chi connectivity index (χ2n) is 9.01. The van der Waals surface area contributed by atoms with Gasteiger partial charge in [-0.25, -0.2) is 14.4 Å². The van der Waals surface area contributed by atoms with Crippen LogP contribution in [0.3, 0.4) is 0 Å². The number of carbonyl (C=O) groups is 1. The number of hydrogen-bond acceptors (Lipinski definition) is 6. The highest BCUT2D eigenvalue weighted by Crippen LogP contribution is 2.33. The first-order valence-corrected chi connectivity index (χ1v) is 11.9. The van der Waals surface area contributed by atoms with Gasteiger partial charge < -0.3 is 10.3 Å². The van der Waals surface area contributed by atoms with Crippen molar-refractivity contribution in [2.75, 3.05) is 5.32 Å². The van der Waals surface area contributed by atoms with E-state index >= 15 is 0 Å². The van der Waals surface area contributed by atoms with Crippen molar-refractivity contribution in [2.24, 2.45) is 5.92 Å². The lowest BCUT2D eigenvalue weighted by atomic mass is 10.1. The summed E-state index contributed by atoms with van der Waals surface area (Å²) in [6, 6.07) is 13.9. The summed E-state index contributed by atoms with van der Waals surface area (Å²) in [6.07, 6.45) is 6.81. The molecule has 6 aromatic rings. The maximum atomic E-state index is 14.5. The molecular weight excluding hydrogens is 471 g/mol. The summed E-state index contributed by atoms with van der Waals surface area (Å²) in [5.41, 5.74) is 6.02. The number of carbonyl (C=O) groups excluding carboxylic acids is 1. The molecule has 0 spiro atoms. The monoisotopic (exact) mass is 490 g/mol. The second kappa shape index (κ2) is 8.30. The standard InChI is InChI=1S/C27H19FN8O/c28-18-4-2-1-3-17(18)22-23-20(9-10-30-22)33-26(34-23)25-24-21(35-36-25)8-7-19(32-24)15-11-16(13-29-12-15)31-27(37)14-5-6-14/h1-4,7-14H,5-6H2,(H,31,37)(H,33,34)(H,35,36). The molecule has 5 aromatic heterocycles. The van der Waals surface area contributed by atoms with Crippen molar-refractivity contribution in [1.29, 1.82) is 0 Å². The highest BCUT2D eigenvalue weighted by Gasteiger charge is 2.29. The normalized spacial score (nSPS) is 13.3. The van der Waals surface area contributed by atoms with Crippen molar-refractivity contribution >= 4 is 33.7 Å². The molecule has 7 rings (SSSR count). The van der Waals surface area contributed by atoms with Crippen LogP contribution in [0.2, 0.25) is 0 Å². The first-order chi connectivity index (χ1) is 18.1. The number of imidazole rings is 1. The van der Waals surface area contributed by atoms with Crippen molar-refractivity contribution in [2.45, 2.75) is 12.8 Å². The quantitative estimate of drug-likeness (QED) is 0.308. The van der Waals surface area contributed by atoms with E-state index in [2.05, 4.69) is 30.5 Å². The minimum atomic E-state index is -0.368. The van der Waals surface area contributed by atoms with Gasteiger partial charge in [-0.05, 0) is 49.2 Å². The van der Waals surface area contributed by atoms with Gasteiger partial charge >= 0.3 is 0 Å². The lowest BCUT2D eigenvalue weighted by molar-refractivity contribution is -0.117. The number of amides is 1. The molecule has 1 amide bonds. The average molecular weight is 491 g/mol. The first kappa shape index (κ1) is 21.3. The van der Waals surface area contributed by atoms with Crippen LogP contribution in [0, 0.1) is 11.7 Å². The Morgan fingerprint density at radius 3 is 2.70 bits per heavy atom. The third kappa shape index (κ3) is 3.79. The molecule has 0 aliphatic heterocycles. The Balaban J connectivity index is 1.29. The third-order valence-electron chi connectivity index (χ3n) is 6.41. The largest absolute Gasteiger partial charge is 0.336 e. The number of nitrogens with one attached hydrogen (secondary N) is 3. The number of benzene rings is 1. The fraction of sp³-hybridized carbons (Fsp3) is 0.111. The van der Waals surface area contributed by atoms with Crippen LogP contribution in [0.25, 0.3) is 56.1 Å². The molecule has 0 bridgehead atoms. The summed E-state index contributed by atoms with van der Waals surface area (Å²) in [7, 11) is 0. The summed E-state index contributed by atoms with van der Waals surface area (Å²) < 4.78 is 14.5. The van der Waals surface area contributed by atoms with Crippen LogP contribution in [0.4, 0.5) is 10.1 Å².